The molecule has 0 aliphatic carbocycles. The van der Waals surface area contributed by atoms with E-state index in [1.807, 2.05) is 0 Å². The lowest BCUT2D eigenvalue weighted by Gasteiger charge is -2.28. The van der Waals surface area contributed by atoms with E-state index in [0.29, 0.717) is 19.3 Å². The van der Waals surface area contributed by atoms with Crippen LogP contribution in [0.3, 0.4) is 0 Å². The Morgan fingerprint density at radius 2 is 1.72 bits per heavy atom. The van der Waals surface area contributed by atoms with Gasteiger partial charge in [0.2, 0.25) is 23.6 Å². The van der Waals surface area contributed by atoms with Gasteiger partial charge in [-0.05, 0) is 32.6 Å². The fraction of sp³-hybridized carbons (Fsp3) is 0.667. The molecule has 0 aromatic heterocycles. The number of carbonyl (C=O) groups is 5. The molecule has 1 aliphatic rings. The SMILES string of the molecule is CC(N)C(=O)NC(CC(N)=O)C(=O)NC(CCCN=C(N)N)C(=O)N1CCCC1C(=O)O. The van der Waals surface area contributed by atoms with E-state index in [2.05, 4.69) is 15.6 Å². The first-order valence-electron chi connectivity index (χ1n) is 10.2. The minimum atomic E-state index is -1.35. The molecule has 4 unspecified atom stereocenters. The maximum absolute atomic E-state index is 13.1. The van der Waals surface area contributed by atoms with Crippen LogP contribution in [0.1, 0.15) is 39.0 Å². The number of carboxylic acids is 1. The lowest BCUT2D eigenvalue weighted by molar-refractivity contribution is -0.149. The molecular weight excluding hydrogens is 424 g/mol. The highest BCUT2D eigenvalue weighted by molar-refractivity contribution is 5.96. The number of likely N-dealkylation sites (tertiary alicyclic amines) is 1. The number of nitrogens with two attached hydrogens (primary N) is 4. The smallest absolute Gasteiger partial charge is 0.326 e. The molecule has 1 heterocycles. The van der Waals surface area contributed by atoms with E-state index in [9.17, 15) is 29.1 Å². The normalized spacial score (nSPS) is 18.2. The number of primary amides is 1. The summed E-state index contributed by atoms with van der Waals surface area (Å²) in [5.74, 6) is -4.24. The van der Waals surface area contributed by atoms with Crippen LogP contribution in [0.5, 0.6) is 0 Å². The van der Waals surface area contributed by atoms with E-state index < -0.39 is 60.2 Å². The maximum Gasteiger partial charge on any atom is 0.326 e. The summed E-state index contributed by atoms with van der Waals surface area (Å²) in [6, 6.07) is -4.43. The Morgan fingerprint density at radius 3 is 2.25 bits per heavy atom. The van der Waals surface area contributed by atoms with Crippen LogP contribution in [-0.4, -0.2) is 82.8 Å². The predicted octanol–water partition coefficient (Wildman–Crippen LogP) is -3.69. The number of nitrogens with zero attached hydrogens (tertiary/aromatic N) is 2. The predicted molar refractivity (Wildman–Crippen MR) is 114 cm³/mol. The Balaban J connectivity index is 3.02. The highest BCUT2D eigenvalue weighted by atomic mass is 16.4. The Hall–Kier alpha value is -3.42. The fourth-order valence-corrected chi connectivity index (χ4v) is 3.23. The van der Waals surface area contributed by atoms with Gasteiger partial charge in [-0.1, -0.05) is 0 Å². The molecule has 4 atom stereocenters. The summed E-state index contributed by atoms with van der Waals surface area (Å²) in [4.78, 5) is 65.6. The summed E-state index contributed by atoms with van der Waals surface area (Å²) in [5, 5.41) is 14.2. The largest absolute Gasteiger partial charge is 0.480 e. The van der Waals surface area contributed by atoms with Crippen LogP contribution in [-0.2, 0) is 24.0 Å². The van der Waals surface area contributed by atoms with Crippen molar-refractivity contribution >= 4 is 35.6 Å². The molecule has 0 aromatic rings. The van der Waals surface area contributed by atoms with Crippen molar-refractivity contribution in [3.63, 3.8) is 0 Å². The maximum atomic E-state index is 13.1. The van der Waals surface area contributed by atoms with E-state index in [0.717, 1.165) is 0 Å². The molecule has 0 spiro atoms. The van der Waals surface area contributed by atoms with E-state index in [1.54, 1.807) is 0 Å². The quantitative estimate of drug-likeness (QED) is 0.0865. The minimum absolute atomic E-state index is 0.0920. The summed E-state index contributed by atoms with van der Waals surface area (Å²) in [7, 11) is 0. The Labute approximate surface area is 185 Å². The molecule has 1 rings (SSSR count). The molecule has 1 aliphatic heterocycles. The molecule has 32 heavy (non-hydrogen) atoms. The minimum Gasteiger partial charge on any atom is -0.480 e. The van der Waals surface area contributed by atoms with Crippen LogP contribution in [0.2, 0.25) is 0 Å². The molecule has 4 amide bonds. The van der Waals surface area contributed by atoms with Crippen LogP contribution in [0.4, 0.5) is 0 Å². The molecule has 1 fully saturated rings. The van der Waals surface area contributed by atoms with Crippen LogP contribution < -0.4 is 33.6 Å². The molecule has 180 valence electrons. The number of nitrogens with one attached hydrogen (secondary N) is 2. The van der Waals surface area contributed by atoms with E-state index in [-0.39, 0.29) is 25.5 Å². The van der Waals surface area contributed by atoms with Gasteiger partial charge >= 0.3 is 5.97 Å². The third-order valence-corrected chi connectivity index (χ3v) is 4.83. The average Bonchev–Trinajstić information content (AvgIpc) is 3.18. The van der Waals surface area contributed by atoms with Gasteiger partial charge in [-0.3, -0.25) is 24.2 Å². The zero-order chi connectivity index (χ0) is 24.4. The van der Waals surface area contributed by atoms with Gasteiger partial charge in [0.25, 0.3) is 0 Å². The fourth-order valence-electron chi connectivity index (χ4n) is 3.23. The van der Waals surface area contributed by atoms with Crippen molar-refractivity contribution in [3.05, 3.63) is 0 Å². The van der Waals surface area contributed by atoms with Crippen LogP contribution >= 0.6 is 0 Å². The molecule has 1 saturated heterocycles. The van der Waals surface area contributed by atoms with Gasteiger partial charge in [0.1, 0.15) is 18.1 Å². The average molecular weight is 457 g/mol. The zero-order valence-corrected chi connectivity index (χ0v) is 18.0. The molecule has 0 aromatic carbocycles. The van der Waals surface area contributed by atoms with E-state index >= 15 is 0 Å². The number of aliphatic carboxylic acids is 1. The molecule has 14 heteroatoms. The summed E-state index contributed by atoms with van der Waals surface area (Å²) in [6.45, 7) is 1.79. The second kappa shape index (κ2) is 12.4. The molecule has 11 N–H and O–H groups in total. The first-order valence-corrected chi connectivity index (χ1v) is 10.2. The van der Waals surface area contributed by atoms with E-state index in [4.69, 9.17) is 22.9 Å². The van der Waals surface area contributed by atoms with Gasteiger partial charge in [0, 0.05) is 13.1 Å². The first kappa shape index (κ1) is 26.6. The van der Waals surface area contributed by atoms with Crippen molar-refractivity contribution in [1.82, 2.24) is 15.5 Å². The van der Waals surface area contributed by atoms with Crippen molar-refractivity contribution in [2.24, 2.45) is 27.9 Å². The van der Waals surface area contributed by atoms with Gasteiger partial charge in [-0.25, -0.2) is 4.79 Å². The topological polar surface area (TPSA) is 249 Å². The Kier molecular flexibility index (Phi) is 10.3. The van der Waals surface area contributed by atoms with Gasteiger partial charge < -0.3 is 43.6 Å². The van der Waals surface area contributed by atoms with Crippen molar-refractivity contribution in [2.75, 3.05) is 13.1 Å². The van der Waals surface area contributed by atoms with Gasteiger partial charge in [-0.15, -0.1) is 0 Å². The number of carbonyl (C=O) groups excluding carboxylic acids is 4. The number of guanidine groups is 1. The highest BCUT2D eigenvalue weighted by Crippen LogP contribution is 2.19. The second-order valence-electron chi connectivity index (χ2n) is 7.56. The van der Waals surface area contributed by atoms with Crippen molar-refractivity contribution in [1.29, 1.82) is 0 Å². The third-order valence-electron chi connectivity index (χ3n) is 4.83. The number of carboxylic acid groups (broad SMARTS) is 1. The molecule has 0 radical (unpaired) electrons. The molecule has 14 nitrogen and oxygen atoms in total. The molecular formula is C18H32N8O6. The first-order chi connectivity index (χ1) is 14.9. The Bertz CT molecular complexity index is 752. The van der Waals surface area contributed by atoms with Crippen LogP contribution in [0, 0.1) is 0 Å². The van der Waals surface area contributed by atoms with Crippen LogP contribution in [0.25, 0.3) is 0 Å². The lowest BCUT2D eigenvalue weighted by Crippen LogP contribution is -2.57. The van der Waals surface area contributed by atoms with Crippen molar-refractivity contribution in [3.8, 4) is 0 Å². The summed E-state index contributed by atoms with van der Waals surface area (Å²) in [5.41, 5.74) is 21.2. The van der Waals surface area contributed by atoms with Gasteiger partial charge in [0.15, 0.2) is 5.96 Å². The third kappa shape index (κ3) is 8.37. The van der Waals surface area contributed by atoms with Crippen LogP contribution in [0.15, 0.2) is 4.99 Å². The standard InChI is InChI=1S/C18H32N8O6/c1-9(19)14(28)25-11(8-13(20)27)15(29)24-10(4-2-6-23-18(21)22)16(30)26-7-3-5-12(26)17(31)32/h9-12H,2-8,19H2,1H3,(H2,20,27)(H,24,29)(H,25,28)(H,31,32)(H4,21,22,23). The number of hydrogen-bond donors (Lipinski definition) is 7. The highest BCUT2D eigenvalue weighted by Gasteiger charge is 2.38. The van der Waals surface area contributed by atoms with E-state index in [1.165, 1.54) is 11.8 Å². The molecule has 0 bridgehead atoms. The molecule has 0 saturated carbocycles. The summed E-state index contributed by atoms with van der Waals surface area (Å²) >= 11 is 0. The second-order valence-corrected chi connectivity index (χ2v) is 7.56. The zero-order valence-electron chi connectivity index (χ0n) is 18.0. The van der Waals surface area contributed by atoms with Gasteiger partial charge in [-0.2, -0.15) is 0 Å². The number of aliphatic imine (C=N–C) groups is 1. The monoisotopic (exact) mass is 456 g/mol. The number of rotatable bonds is 12. The number of hydrogen-bond acceptors (Lipinski definition) is 7. The summed E-state index contributed by atoms with van der Waals surface area (Å²) < 4.78 is 0. The van der Waals surface area contributed by atoms with Crippen molar-refractivity contribution in [2.45, 2.75) is 63.2 Å². The summed E-state index contributed by atoms with van der Waals surface area (Å²) in [6.07, 6.45) is 0.679. The number of amides is 4. The lowest BCUT2D eigenvalue weighted by atomic mass is 10.1. The van der Waals surface area contributed by atoms with Crippen molar-refractivity contribution < 1.29 is 29.1 Å². The Morgan fingerprint density at radius 1 is 1.09 bits per heavy atom. The van der Waals surface area contributed by atoms with Gasteiger partial charge in [0.05, 0.1) is 12.5 Å².